The third-order valence-electron chi connectivity index (χ3n) is 7.19. The van der Waals surface area contributed by atoms with E-state index in [1.807, 2.05) is 34.7 Å². The highest BCUT2D eigenvalue weighted by atomic mass is 32.1. The van der Waals surface area contributed by atoms with Gasteiger partial charge in [0.25, 0.3) is 5.56 Å². The van der Waals surface area contributed by atoms with Gasteiger partial charge in [0, 0.05) is 22.6 Å². The van der Waals surface area contributed by atoms with E-state index >= 15 is 0 Å². The van der Waals surface area contributed by atoms with Gasteiger partial charge in [-0.05, 0) is 49.2 Å². The molecule has 0 unspecified atom stereocenters. The molecule has 0 aliphatic heterocycles. The van der Waals surface area contributed by atoms with Crippen LogP contribution in [0.5, 0.6) is 5.75 Å². The summed E-state index contributed by atoms with van der Waals surface area (Å²) in [5, 5.41) is 7.43. The maximum absolute atomic E-state index is 14.3. The third kappa shape index (κ3) is 2.67. The van der Waals surface area contributed by atoms with E-state index in [0.717, 1.165) is 54.6 Å². The zero-order chi connectivity index (χ0) is 21.9. The predicted molar refractivity (Wildman–Crippen MR) is 126 cm³/mol. The van der Waals surface area contributed by atoms with Gasteiger partial charge in [-0.1, -0.05) is 49.6 Å². The van der Waals surface area contributed by atoms with E-state index in [1.165, 1.54) is 12.0 Å². The van der Waals surface area contributed by atoms with Crippen molar-refractivity contribution in [1.82, 2.24) is 19.2 Å². The van der Waals surface area contributed by atoms with Crippen LogP contribution in [-0.4, -0.2) is 26.3 Å². The number of nitrogens with one attached hydrogen (secondary N) is 1. The number of methoxy groups -OCH3 is 1. The minimum atomic E-state index is -0.181. The molecule has 2 aliphatic carbocycles. The van der Waals surface area contributed by atoms with Crippen LogP contribution in [0.4, 0.5) is 0 Å². The fraction of sp³-hybridized carbons (Fsp3) is 0.320. The molecule has 2 aromatic carbocycles. The van der Waals surface area contributed by atoms with Crippen LogP contribution in [-0.2, 0) is 11.8 Å². The largest absolute Gasteiger partial charge is 0.497 e. The maximum atomic E-state index is 14.3. The first-order valence-electron chi connectivity index (χ1n) is 11.1. The second-order valence-corrected chi connectivity index (χ2v) is 9.29. The molecule has 1 spiro atoms. The average Bonchev–Trinajstić information content (AvgIpc) is 3.20. The molecule has 32 heavy (non-hydrogen) atoms. The van der Waals surface area contributed by atoms with Crippen molar-refractivity contribution in [2.75, 3.05) is 7.11 Å². The topological polar surface area (TPSA) is 64.3 Å². The minimum Gasteiger partial charge on any atom is -0.497 e. The van der Waals surface area contributed by atoms with E-state index in [9.17, 15) is 4.79 Å². The number of hydrogen-bond donors (Lipinski definition) is 1. The molecule has 0 amide bonds. The molecule has 6 rings (SSSR count). The van der Waals surface area contributed by atoms with Gasteiger partial charge in [0.05, 0.1) is 18.5 Å². The van der Waals surface area contributed by atoms with Crippen molar-refractivity contribution >= 4 is 18.0 Å². The number of ether oxygens (including phenoxy) is 1. The normalized spacial score (nSPS) is 16.7. The fourth-order valence-electron chi connectivity index (χ4n) is 5.79. The summed E-state index contributed by atoms with van der Waals surface area (Å²) in [7, 11) is 1.63. The van der Waals surface area contributed by atoms with Gasteiger partial charge in [-0.3, -0.25) is 9.20 Å². The molecule has 7 heteroatoms. The number of aromatic nitrogens is 4. The van der Waals surface area contributed by atoms with Crippen LogP contribution in [0.1, 0.15) is 43.2 Å². The fourth-order valence-corrected chi connectivity index (χ4v) is 6.00. The Labute approximate surface area is 190 Å². The molecular formula is C25H24N4O2S. The number of rotatable bonds is 2. The van der Waals surface area contributed by atoms with Gasteiger partial charge in [0.15, 0.2) is 0 Å². The molecule has 6 nitrogen and oxygen atoms in total. The summed E-state index contributed by atoms with van der Waals surface area (Å²) in [5.74, 6) is 1.19. The van der Waals surface area contributed by atoms with Crippen LogP contribution >= 0.6 is 12.2 Å². The van der Waals surface area contributed by atoms with E-state index in [1.54, 1.807) is 11.7 Å². The number of benzene rings is 2. The van der Waals surface area contributed by atoms with Gasteiger partial charge in [-0.15, -0.1) is 5.10 Å². The molecule has 1 fully saturated rings. The first-order chi connectivity index (χ1) is 15.6. The molecule has 2 aromatic heterocycles. The van der Waals surface area contributed by atoms with E-state index in [0.29, 0.717) is 16.3 Å². The molecule has 0 bridgehead atoms. The molecule has 1 saturated carbocycles. The molecule has 1 N–H and O–H groups in total. The lowest BCUT2D eigenvalue weighted by Crippen LogP contribution is -2.43. The number of fused-ring (bicyclic) bond motifs is 6. The highest BCUT2D eigenvalue weighted by Gasteiger charge is 2.44. The lowest BCUT2D eigenvalue weighted by molar-refractivity contribution is 0.284. The quantitative estimate of drug-likeness (QED) is 0.443. The molecular weight excluding hydrogens is 420 g/mol. The predicted octanol–water partition coefficient (Wildman–Crippen LogP) is 4.98. The van der Waals surface area contributed by atoms with Crippen molar-refractivity contribution in [2.45, 2.75) is 43.9 Å². The van der Waals surface area contributed by atoms with Gasteiger partial charge >= 0.3 is 0 Å². The summed E-state index contributed by atoms with van der Waals surface area (Å²) in [6.45, 7) is 0. The summed E-state index contributed by atoms with van der Waals surface area (Å²) in [4.78, 5) is 14.3. The van der Waals surface area contributed by atoms with Crippen LogP contribution in [0.15, 0.2) is 53.3 Å². The lowest BCUT2D eigenvalue weighted by Gasteiger charge is -2.42. The van der Waals surface area contributed by atoms with Crippen molar-refractivity contribution < 1.29 is 4.74 Å². The van der Waals surface area contributed by atoms with Crippen molar-refractivity contribution in [2.24, 2.45) is 0 Å². The Morgan fingerprint density at radius 1 is 1.09 bits per heavy atom. The van der Waals surface area contributed by atoms with Crippen LogP contribution in [0.2, 0.25) is 0 Å². The summed E-state index contributed by atoms with van der Waals surface area (Å²) < 4.78 is 9.58. The first kappa shape index (κ1) is 19.5. The second kappa shape index (κ2) is 7.17. The summed E-state index contributed by atoms with van der Waals surface area (Å²) in [5.41, 5.74) is 4.68. The molecule has 2 heterocycles. The Morgan fingerprint density at radius 2 is 1.91 bits per heavy atom. The first-order valence-corrected chi connectivity index (χ1v) is 11.5. The standard InChI is InChI=1S/C25H24N4O2S/c1-31-18-10-7-9-17(14-18)28-22(30)20-21(29-23(28)26-27-24(29)32)19-11-4-3-8-16(19)15-25(20)12-5-2-6-13-25/h3-4,7-11,14H,2,5-6,12-13,15H2,1H3,(H,27,32). The smallest absolute Gasteiger partial charge is 0.263 e. The molecule has 0 saturated heterocycles. The van der Waals surface area contributed by atoms with Gasteiger partial charge in [0.1, 0.15) is 5.75 Å². The van der Waals surface area contributed by atoms with Gasteiger partial charge < -0.3 is 4.74 Å². The summed E-state index contributed by atoms with van der Waals surface area (Å²) >= 11 is 5.70. The van der Waals surface area contributed by atoms with Crippen molar-refractivity contribution in [1.29, 1.82) is 0 Å². The van der Waals surface area contributed by atoms with Crippen LogP contribution < -0.4 is 10.3 Å². The van der Waals surface area contributed by atoms with Crippen molar-refractivity contribution in [3.63, 3.8) is 0 Å². The molecule has 0 atom stereocenters. The zero-order valence-corrected chi connectivity index (χ0v) is 18.7. The number of hydrogen-bond acceptors (Lipinski definition) is 4. The molecule has 162 valence electrons. The van der Waals surface area contributed by atoms with Crippen LogP contribution in [0, 0.1) is 4.77 Å². The van der Waals surface area contributed by atoms with Crippen molar-refractivity contribution in [3.05, 3.63) is 74.8 Å². The third-order valence-corrected chi connectivity index (χ3v) is 7.46. The zero-order valence-electron chi connectivity index (χ0n) is 17.9. The molecule has 2 aliphatic rings. The van der Waals surface area contributed by atoms with E-state index in [4.69, 9.17) is 17.0 Å². The minimum absolute atomic E-state index is 0.00819. The molecule has 4 aromatic rings. The second-order valence-electron chi connectivity index (χ2n) is 8.90. The monoisotopic (exact) mass is 444 g/mol. The summed E-state index contributed by atoms with van der Waals surface area (Å²) in [6, 6.07) is 16.0. The number of nitrogens with zero attached hydrogens (tertiary/aromatic N) is 3. The van der Waals surface area contributed by atoms with Gasteiger partial charge in [0.2, 0.25) is 10.5 Å². The van der Waals surface area contributed by atoms with Gasteiger partial charge in [-0.2, -0.15) is 0 Å². The van der Waals surface area contributed by atoms with E-state index < -0.39 is 0 Å². The van der Waals surface area contributed by atoms with E-state index in [2.05, 4.69) is 28.4 Å². The lowest BCUT2D eigenvalue weighted by atomic mass is 9.62. The van der Waals surface area contributed by atoms with Gasteiger partial charge in [-0.25, -0.2) is 9.67 Å². The molecule has 0 radical (unpaired) electrons. The highest BCUT2D eigenvalue weighted by molar-refractivity contribution is 7.71. The van der Waals surface area contributed by atoms with E-state index in [-0.39, 0.29) is 11.0 Å². The van der Waals surface area contributed by atoms with Crippen LogP contribution in [0.3, 0.4) is 0 Å². The summed E-state index contributed by atoms with van der Waals surface area (Å²) in [6.07, 6.45) is 6.40. The number of H-pyrrole nitrogens is 1. The Balaban J connectivity index is 1.79. The Bertz CT molecular complexity index is 1470. The maximum Gasteiger partial charge on any atom is 0.263 e. The van der Waals surface area contributed by atoms with Crippen molar-refractivity contribution in [3.8, 4) is 22.7 Å². The Kier molecular flexibility index (Phi) is 4.37. The average molecular weight is 445 g/mol. The number of aromatic amines is 1. The van der Waals surface area contributed by atoms with Crippen LogP contribution in [0.25, 0.3) is 22.7 Å². The Hall–Kier alpha value is -3.19. The SMILES string of the molecule is COc1cccc(-n2c(=O)c3c(n4c(=S)[nH]nc24)-c2ccccc2CC32CCCCC2)c1. The highest BCUT2D eigenvalue weighted by Crippen LogP contribution is 2.49. The Morgan fingerprint density at radius 3 is 2.72 bits per heavy atom.